The summed E-state index contributed by atoms with van der Waals surface area (Å²) >= 11 is 0. The number of phenols is 2. The molecule has 21 heavy (non-hydrogen) atoms. The lowest BCUT2D eigenvalue weighted by Gasteiger charge is -2.17. The highest BCUT2D eigenvalue weighted by Gasteiger charge is 2.25. The van der Waals surface area contributed by atoms with E-state index in [0.29, 0.717) is 5.56 Å². The summed E-state index contributed by atoms with van der Waals surface area (Å²) in [5, 5.41) is 19.5. The van der Waals surface area contributed by atoms with E-state index in [4.69, 9.17) is 9.47 Å². The number of carbonyl (C=O) groups is 1. The van der Waals surface area contributed by atoms with Crippen molar-refractivity contribution in [2.45, 2.75) is 5.92 Å². The maximum absolute atomic E-state index is 11.9. The molecule has 0 bridgehead atoms. The molecule has 2 N–H and O–H groups in total. The summed E-state index contributed by atoms with van der Waals surface area (Å²) in [5.41, 5.74) is 0.416. The van der Waals surface area contributed by atoms with Crippen molar-refractivity contribution in [3.63, 3.8) is 0 Å². The molecule has 2 rings (SSSR count). The standard InChI is InChI=1S/C16H16O5/c1-20-16(19)12(11-6-2-3-7-13(11)17)10-21-15-9-5-4-8-14(15)18/h2-9,12,17-18H,10H2,1H3. The van der Waals surface area contributed by atoms with Gasteiger partial charge in [0.15, 0.2) is 11.5 Å². The average molecular weight is 288 g/mol. The number of aromatic hydroxyl groups is 2. The fourth-order valence-corrected chi connectivity index (χ4v) is 1.96. The van der Waals surface area contributed by atoms with Crippen LogP contribution in [-0.4, -0.2) is 29.9 Å². The Kier molecular flexibility index (Phi) is 4.66. The largest absolute Gasteiger partial charge is 0.508 e. The zero-order chi connectivity index (χ0) is 15.2. The second kappa shape index (κ2) is 6.65. The van der Waals surface area contributed by atoms with Gasteiger partial charge in [0.25, 0.3) is 0 Å². The molecule has 0 radical (unpaired) electrons. The molecule has 0 fully saturated rings. The average Bonchev–Trinajstić information content (AvgIpc) is 2.50. The van der Waals surface area contributed by atoms with Crippen LogP contribution in [0.4, 0.5) is 0 Å². The third-order valence-corrected chi connectivity index (χ3v) is 3.07. The van der Waals surface area contributed by atoms with Gasteiger partial charge >= 0.3 is 5.97 Å². The zero-order valence-corrected chi connectivity index (χ0v) is 11.5. The Hall–Kier alpha value is -2.69. The van der Waals surface area contributed by atoms with Crippen LogP contribution in [0.15, 0.2) is 48.5 Å². The zero-order valence-electron chi connectivity index (χ0n) is 11.5. The highest BCUT2D eigenvalue weighted by atomic mass is 16.5. The lowest BCUT2D eigenvalue weighted by Crippen LogP contribution is -2.21. The summed E-state index contributed by atoms with van der Waals surface area (Å²) in [4.78, 5) is 11.9. The van der Waals surface area contributed by atoms with Crippen LogP contribution in [-0.2, 0) is 9.53 Å². The molecule has 0 aliphatic heterocycles. The second-order valence-corrected chi connectivity index (χ2v) is 4.41. The first-order chi connectivity index (χ1) is 10.1. The number of hydrogen-bond acceptors (Lipinski definition) is 5. The quantitative estimate of drug-likeness (QED) is 0.826. The van der Waals surface area contributed by atoms with E-state index in [1.807, 2.05) is 0 Å². The molecule has 0 aromatic heterocycles. The lowest BCUT2D eigenvalue weighted by atomic mass is 9.99. The van der Waals surface area contributed by atoms with E-state index in [1.54, 1.807) is 36.4 Å². The molecule has 5 heteroatoms. The van der Waals surface area contributed by atoms with Gasteiger partial charge in [-0.05, 0) is 18.2 Å². The van der Waals surface area contributed by atoms with E-state index in [9.17, 15) is 15.0 Å². The molecule has 0 saturated heterocycles. The van der Waals surface area contributed by atoms with Crippen molar-refractivity contribution < 1.29 is 24.5 Å². The molecule has 5 nitrogen and oxygen atoms in total. The summed E-state index contributed by atoms with van der Waals surface area (Å²) in [6.45, 7) is -0.0537. The van der Waals surface area contributed by atoms with Gasteiger partial charge in [-0.3, -0.25) is 4.79 Å². The summed E-state index contributed by atoms with van der Waals surface area (Å²) < 4.78 is 10.2. The van der Waals surface area contributed by atoms with Crippen molar-refractivity contribution in [3.8, 4) is 17.2 Å². The number of phenolic OH excluding ortho intramolecular Hbond substituents is 2. The smallest absolute Gasteiger partial charge is 0.316 e. The van der Waals surface area contributed by atoms with Crippen molar-refractivity contribution in [2.24, 2.45) is 0 Å². The number of methoxy groups -OCH3 is 1. The molecular weight excluding hydrogens is 272 g/mol. The highest BCUT2D eigenvalue weighted by Crippen LogP contribution is 2.30. The number of carbonyl (C=O) groups excluding carboxylic acids is 1. The van der Waals surface area contributed by atoms with Gasteiger partial charge in [0.05, 0.1) is 7.11 Å². The first-order valence-electron chi connectivity index (χ1n) is 6.40. The van der Waals surface area contributed by atoms with E-state index < -0.39 is 11.9 Å². The monoisotopic (exact) mass is 288 g/mol. The highest BCUT2D eigenvalue weighted by molar-refractivity contribution is 5.79. The molecule has 1 unspecified atom stereocenters. The van der Waals surface area contributed by atoms with Gasteiger partial charge < -0.3 is 19.7 Å². The van der Waals surface area contributed by atoms with Crippen LogP contribution in [0.2, 0.25) is 0 Å². The Bertz CT molecular complexity index is 624. The lowest BCUT2D eigenvalue weighted by molar-refractivity contribution is -0.143. The Morgan fingerprint density at radius 1 is 1.05 bits per heavy atom. The molecule has 1 atom stereocenters. The fraction of sp³-hybridized carbons (Fsp3) is 0.188. The Balaban J connectivity index is 2.21. The predicted octanol–water partition coefficient (Wildman–Crippen LogP) is 2.43. The molecule has 110 valence electrons. The molecule has 2 aromatic carbocycles. The number of benzene rings is 2. The maximum Gasteiger partial charge on any atom is 0.316 e. The fourth-order valence-electron chi connectivity index (χ4n) is 1.96. The van der Waals surface area contributed by atoms with Gasteiger partial charge in [-0.25, -0.2) is 0 Å². The van der Waals surface area contributed by atoms with E-state index in [0.717, 1.165) is 0 Å². The predicted molar refractivity (Wildman–Crippen MR) is 76.5 cm³/mol. The summed E-state index contributed by atoms with van der Waals surface area (Å²) in [7, 11) is 1.27. The third-order valence-electron chi connectivity index (χ3n) is 3.07. The minimum absolute atomic E-state index is 0.00576. The number of para-hydroxylation sites is 3. The Morgan fingerprint density at radius 3 is 2.29 bits per heavy atom. The normalized spacial score (nSPS) is 11.7. The van der Waals surface area contributed by atoms with E-state index in [-0.39, 0.29) is 23.9 Å². The van der Waals surface area contributed by atoms with E-state index >= 15 is 0 Å². The van der Waals surface area contributed by atoms with Crippen molar-refractivity contribution in [1.82, 2.24) is 0 Å². The topological polar surface area (TPSA) is 76.0 Å². The number of hydrogen-bond donors (Lipinski definition) is 2. The molecular formula is C16H16O5. The number of esters is 1. The van der Waals surface area contributed by atoms with Crippen LogP contribution >= 0.6 is 0 Å². The van der Waals surface area contributed by atoms with Crippen molar-refractivity contribution >= 4 is 5.97 Å². The first-order valence-corrected chi connectivity index (χ1v) is 6.40. The molecule has 2 aromatic rings. The molecule has 0 spiro atoms. The van der Waals surface area contributed by atoms with Gasteiger partial charge in [0.2, 0.25) is 0 Å². The Labute approximate surface area is 122 Å². The molecule has 0 aliphatic rings. The van der Waals surface area contributed by atoms with Gasteiger partial charge in [-0.15, -0.1) is 0 Å². The van der Waals surface area contributed by atoms with Crippen LogP contribution in [0.1, 0.15) is 11.5 Å². The van der Waals surface area contributed by atoms with E-state index in [2.05, 4.69) is 0 Å². The summed E-state index contributed by atoms with van der Waals surface area (Å²) in [5.74, 6) is -1.06. The van der Waals surface area contributed by atoms with Crippen molar-refractivity contribution in [3.05, 3.63) is 54.1 Å². The minimum atomic E-state index is -0.782. The summed E-state index contributed by atoms with van der Waals surface area (Å²) in [6.07, 6.45) is 0. The molecule has 0 heterocycles. The van der Waals surface area contributed by atoms with Gasteiger partial charge in [-0.1, -0.05) is 30.3 Å². The minimum Gasteiger partial charge on any atom is -0.508 e. The summed E-state index contributed by atoms with van der Waals surface area (Å²) in [6, 6.07) is 13.0. The molecule has 0 aliphatic carbocycles. The van der Waals surface area contributed by atoms with Crippen LogP contribution < -0.4 is 4.74 Å². The van der Waals surface area contributed by atoms with E-state index in [1.165, 1.54) is 19.2 Å². The van der Waals surface area contributed by atoms with Crippen LogP contribution in [0.3, 0.4) is 0 Å². The van der Waals surface area contributed by atoms with Crippen molar-refractivity contribution in [2.75, 3.05) is 13.7 Å². The van der Waals surface area contributed by atoms with Crippen LogP contribution in [0.5, 0.6) is 17.2 Å². The maximum atomic E-state index is 11.9. The van der Waals surface area contributed by atoms with Crippen LogP contribution in [0.25, 0.3) is 0 Å². The number of rotatable bonds is 5. The third kappa shape index (κ3) is 3.45. The molecule has 0 saturated carbocycles. The van der Waals surface area contributed by atoms with Crippen LogP contribution in [0, 0.1) is 0 Å². The van der Waals surface area contributed by atoms with Gasteiger partial charge in [0.1, 0.15) is 18.3 Å². The second-order valence-electron chi connectivity index (χ2n) is 4.41. The molecule has 0 amide bonds. The van der Waals surface area contributed by atoms with Gasteiger partial charge in [0, 0.05) is 5.56 Å². The van der Waals surface area contributed by atoms with Crippen molar-refractivity contribution in [1.29, 1.82) is 0 Å². The number of ether oxygens (including phenoxy) is 2. The Morgan fingerprint density at radius 2 is 1.67 bits per heavy atom. The SMILES string of the molecule is COC(=O)C(COc1ccccc1O)c1ccccc1O. The first kappa shape index (κ1) is 14.7. The van der Waals surface area contributed by atoms with Gasteiger partial charge in [-0.2, -0.15) is 0 Å².